The van der Waals surface area contributed by atoms with Gasteiger partial charge < -0.3 is 26.2 Å². The number of carbonyl (C=O) groups excluding carboxylic acids is 1. The van der Waals surface area contributed by atoms with Crippen molar-refractivity contribution >= 4 is 40.0 Å². The van der Waals surface area contributed by atoms with E-state index in [9.17, 15) is 9.90 Å². The molecule has 0 saturated carbocycles. The summed E-state index contributed by atoms with van der Waals surface area (Å²) in [4.78, 5) is 16.7. The summed E-state index contributed by atoms with van der Waals surface area (Å²) in [5.74, 6) is -0.0703. The molecular weight excluding hydrogens is 312 g/mol. The first-order chi connectivity index (χ1) is 10.0. The van der Waals surface area contributed by atoms with Crippen LogP contribution in [0.4, 0.5) is 10.9 Å². The molecule has 1 heterocycles. The number of ether oxygens (including phenoxy) is 1. The molecule has 0 bridgehead atoms. The third-order valence-corrected chi connectivity index (χ3v) is 5.03. The van der Waals surface area contributed by atoms with E-state index in [2.05, 4.69) is 15.6 Å². The molecule has 1 amide bonds. The van der Waals surface area contributed by atoms with Gasteiger partial charge >= 0.3 is 0 Å². The van der Waals surface area contributed by atoms with Crippen LogP contribution in [0.5, 0.6) is 0 Å². The number of thioether (sulfide) groups is 1. The van der Waals surface area contributed by atoms with Gasteiger partial charge in [-0.3, -0.25) is 4.79 Å². The number of hydrogen-bond acceptors (Lipinski definition) is 8. The van der Waals surface area contributed by atoms with E-state index in [0.717, 1.165) is 0 Å². The summed E-state index contributed by atoms with van der Waals surface area (Å²) >= 11 is 2.71. The molecule has 1 aromatic heterocycles. The Balaban J connectivity index is 2.65. The fourth-order valence-corrected chi connectivity index (χ4v) is 3.07. The van der Waals surface area contributed by atoms with Crippen molar-refractivity contribution in [2.45, 2.75) is 18.2 Å². The van der Waals surface area contributed by atoms with E-state index in [1.54, 1.807) is 7.11 Å². The van der Waals surface area contributed by atoms with Crippen LogP contribution in [-0.2, 0) is 4.74 Å². The zero-order valence-electron chi connectivity index (χ0n) is 12.4. The number of carbonyl (C=O) groups is 1. The minimum Gasteiger partial charge on any atom is -0.395 e. The highest BCUT2D eigenvalue weighted by molar-refractivity contribution is 7.99. The topological polar surface area (TPSA) is 110 Å². The number of hydrogen-bond donors (Lipinski definition) is 4. The Morgan fingerprint density at radius 3 is 2.90 bits per heavy atom. The molecule has 7 nitrogen and oxygen atoms in total. The number of nitrogens with zero attached hydrogens (tertiary/aromatic N) is 1. The number of thiazole rings is 1. The maximum absolute atomic E-state index is 12.2. The predicted molar refractivity (Wildman–Crippen MR) is 88.2 cm³/mol. The summed E-state index contributed by atoms with van der Waals surface area (Å²) in [7, 11) is 1.61. The van der Waals surface area contributed by atoms with Gasteiger partial charge in [0.25, 0.3) is 5.91 Å². The van der Waals surface area contributed by atoms with Crippen molar-refractivity contribution in [1.29, 1.82) is 0 Å². The summed E-state index contributed by atoms with van der Waals surface area (Å²) in [6, 6.07) is -0.163. The second kappa shape index (κ2) is 9.08. The fraction of sp³-hybridized carbons (Fsp3) is 0.667. The molecule has 2 unspecified atom stereocenters. The molecule has 0 aliphatic heterocycles. The largest absolute Gasteiger partial charge is 0.395 e. The van der Waals surface area contributed by atoms with Crippen LogP contribution >= 0.6 is 23.1 Å². The lowest BCUT2D eigenvalue weighted by atomic mass is 10.2. The van der Waals surface area contributed by atoms with E-state index in [0.29, 0.717) is 23.2 Å². The van der Waals surface area contributed by atoms with Gasteiger partial charge in [-0.15, -0.1) is 0 Å². The molecule has 1 rings (SSSR count). The summed E-state index contributed by atoms with van der Waals surface area (Å²) in [6.07, 6.45) is 1.89. The van der Waals surface area contributed by atoms with Gasteiger partial charge in [-0.2, -0.15) is 11.8 Å². The van der Waals surface area contributed by atoms with Gasteiger partial charge in [0.15, 0.2) is 5.13 Å². The normalized spacial score (nSPS) is 13.7. The number of aliphatic hydroxyl groups is 1. The monoisotopic (exact) mass is 334 g/mol. The second-order valence-corrected chi connectivity index (χ2v) is 6.45. The molecule has 120 valence electrons. The smallest absolute Gasteiger partial charge is 0.265 e. The second-order valence-electron chi connectivity index (χ2n) is 4.37. The number of methoxy groups -OCH3 is 1. The highest BCUT2D eigenvalue weighted by Gasteiger charge is 2.21. The highest BCUT2D eigenvalue weighted by atomic mass is 32.2. The molecule has 2 atom stereocenters. The maximum Gasteiger partial charge on any atom is 0.265 e. The van der Waals surface area contributed by atoms with Gasteiger partial charge in [0, 0.05) is 24.9 Å². The number of aliphatic hydroxyl groups excluding tert-OH is 1. The molecule has 5 N–H and O–H groups in total. The predicted octanol–water partition coefficient (Wildman–Crippen LogP) is 0.626. The van der Waals surface area contributed by atoms with Crippen LogP contribution in [0.1, 0.15) is 16.6 Å². The van der Waals surface area contributed by atoms with Gasteiger partial charge in [-0.05, 0) is 13.2 Å². The van der Waals surface area contributed by atoms with Crippen LogP contribution in [0.2, 0.25) is 0 Å². The molecule has 21 heavy (non-hydrogen) atoms. The standard InChI is InChI=1S/C12H22N4O3S2/c1-7(8(6-17)20-3)15-11(18)9-10(13)16-12(21-9)14-4-5-19-2/h7-8,17H,4-6,13H2,1-3H3,(H,14,16)(H,15,18). The summed E-state index contributed by atoms with van der Waals surface area (Å²) in [6.45, 7) is 3.00. The number of rotatable bonds is 9. The molecule has 0 saturated heterocycles. The Morgan fingerprint density at radius 1 is 1.62 bits per heavy atom. The first-order valence-electron chi connectivity index (χ1n) is 6.47. The van der Waals surface area contributed by atoms with E-state index in [4.69, 9.17) is 10.5 Å². The lowest BCUT2D eigenvalue weighted by molar-refractivity contribution is 0.0940. The fourth-order valence-electron chi connectivity index (χ4n) is 1.63. The van der Waals surface area contributed by atoms with Crippen LogP contribution in [0.25, 0.3) is 0 Å². The first-order valence-corrected chi connectivity index (χ1v) is 8.57. The van der Waals surface area contributed by atoms with Gasteiger partial charge in [-0.1, -0.05) is 11.3 Å². The van der Waals surface area contributed by atoms with Crippen molar-refractivity contribution in [2.75, 3.05) is 44.2 Å². The van der Waals surface area contributed by atoms with Crippen molar-refractivity contribution in [1.82, 2.24) is 10.3 Å². The quantitative estimate of drug-likeness (QED) is 0.490. The first kappa shape index (κ1) is 18.0. The van der Waals surface area contributed by atoms with Crippen molar-refractivity contribution < 1.29 is 14.6 Å². The molecule has 0 aromatic carbocycles. The molecule has 0 radical (unpaired) electrons. The number of nitrogen functional groups attached to an aromatic ring is 1. The maximum atomic E-state index is 12.2. The minimum absolute atomic E-state index is 0.00457. The number of nitrogens with two attached hydrogens (primary N) is 1. The number of amides is 1. The van der Waals surface area contributed by atoms with Crippen molar-refractivity contribution in [3.05, 3.63) is 4.88 Å². The highest BCUT2D eigenvalue weighted by Crippen LogP contribution is 2.25. The van der Waals surface area contributed by atoms with Crippen LogP contribution < -0.4 is 16.4 Å². The molecule has 0 aliphatic carbocycles. The Kier molecular flexibility index (Phi) is 7.79. The van der Waals surface area contributed by atoms with Gasteiger partial charge in [0.2, 0.25) is 0 Å². The number of nitrogens with one attached hydrogen (secondary N) is 2. The summed E-state index contributed by atoms with van der Waals surface area (Å²) in [5.41, 5.74) is 5.78. The van der Waals surface area contributed by atoms with Crippen LogP contribution in [0.3, 0.4) is 0 Å². The summed E-state index contributed by atoms with van der Waals surface area (Å²) in [5, 5.41) is 15.6. The Morgan fingerprint density at radius 2 is 2.33 bits per heavy atom. The average molecular weight is 334 g/mol. The van der Waals surface area contributed by atoms with Gasteiger partial charge in [-0.25, -0.2) is 4.98 Å². The van der Waals surface area contributed by atoms with Crippen LogP contribution in [0, 0.1) is 0 Å². The zero-order valence-corrected chi connectivity index (χ0v) is 14.0. The van der Waals surface area contributed by atoms with E-state index < -0.39 is 0 Å². The van der Waals surface area contributed by atoms with Crippen molar-refractivity contribution in [3.8, 4) is 0 Å². The number of aromatic nitrogens is 1. The lowest BCUT2D eigenvalue weighted by Crippen LogP contribution is -2.41. The van der Waals surface area contributed by atoms with Crippen molar-refractivity contribution in [2.24, 2.45) is 0 Å². The molecule has 9 heteroatoms. The molecule has 0 fully saturated rings. The SMILES string of the molecule is COCCNc1nc(N)c(C(=O)NC(C)C(CO)SC)s1. The van der Waals surface area contributed by atoms with Gasteiger partial charge in [0.1, 0.15) is 10.7 Å². The Hall–Kier alpha value is -1.03. The minimum atomic E-state index is -0.273. The lowest BCUT2D eigenvalue weighted by Gasteiger charge is -2.20. The van der Waals surface area contributed by atoms with Crippen LogP contribution in [0.15, 0.2) is 0 Å². The molecule has 1 aromatic rings. The molecular formula is C12H22N4O3S2. The van der Waals surface area contributed by atoms with E-state index >= 15 is 0 Å². The van der Waals surface area contributed by atoms with Gasteiger partial charge in [0.05, 0.1) is 13.2 Å². The number of anilines is 2. The van der Waals surface area contributed by atoms with Crippen LogP contribution in [-0.4, -0.2) is 60.4 Å². The Bertz CT molecular complexity index is 452. The molecule has 0 aliphatic rings. The summed E-state index contributed by atoms with van der Waals surface area (Å²) < 4.78 is 4.93. The zero-order chi connectivity index (χ0) is 15.8. The molecule has 0 spiro atoms. The van der Waals surface area contributed by atoms with E-state index in [1.807, 2.05) is 13.2 Å². The van der Waals surface area contributed by atoms with E-state index in [-0.39, 0.29) is 29.6 Å². The van der Waals surface area contributed by atoms with Crippen molar-refractivity contribution in [3.63, 3.8) is 0 Å². The third kappa shape index (κ3) is 5.34. The average Bonchev–Trinajstić information content (AvgIpc) is 2.81. The Labute approximate surface area is 132 Å². The third-order valence-electron chi connectivity index (χ3n) is 2.84. The van der Waals surface area contributed by atoms with E-state index in [1.165, 1.54) is 23.1 Å².